The third-order valence-electron chi connectivity index (χ3n) is 4.98. The van der Waals surface area contributed by atoms with Crippen LogP contribution in [-0.4, -0.2) is 31.9 Å². The molecular formula is C24H26O5. The molecule has 1 unspecified atom stereocenters. The van der Waals surface area contributed by atoms with E-state index in [1.54, 1.807) is 32.4 Å². The molecule has 0 spiro atoms. The molecule has 0 bridgehead atoms. The van der Waals surface area contributed by atoms with Gasteiger partial charge in [-0.25, -0.2) is 0 Å². The zero-order valence-electron chi connectivity index (χ0n) is 17.0. The van der Waals surface area contributed by atoms with Gasteiger partial charge >= 0.3 is 5.97 Å². The summed E-state index contributed by atoms with van der Waals surface area (Å²) in [6, 6.07) is 17.2. The van der Waals surface area contributed by atoms with Crippen molar-refractivity contribution in [2.24, 2.45) is 0 Å². The van der Waals surface area contributed by atoms with Crippen molar-refractivity contribution in [2.75, 3.05) is 20.8 Å². The highest BCUT2D eigenvalue weighted by Crippen LogP contribution is 2.36. The van der Waals surface area contributed by atoms with Gasteiger partial charge in [0.2, 0.25) is 0 Å². The Balaban J connectivity index is 2.07. The van der Waals surface area contributed by atoms with Crippen LogP contribution in [0.5, 0.6) is 17.2 Å². The summed E-state index contributed by atoms with van der Waals surface area (Å²) in [6.07, 6.45) is 1.19. The van der Waals surface area contributed by atoms with E-state index in [1.807, 2.05) is 43.3 Å². The van der Waals surface area contributed by atoms with Gasteiger partial charge in [0.25, 0.3) is 0 Å². The number of rotatable bonds is 9. The van der Waals surface area contributed by atoms with Crippen molar-refractivity contribution in [1.82, 2.24) is 0 Å². The standard InChI is InChI=1S/C24H26O5/c1-4-13-29-21-11-9-16-7-5-6-8-18(16)20(21)15-19(24(25)26)17-10-12-22(27-2)23(14-17)28-3/h5-12,14,19H,4,13,15H2,1-3H3,(H,25,26). The molecule has 1 N–H and O–H groups in total. The first kappa shape index (κ1) is 20.5. The van der Waals surface area contributed by atoms with Crippen LogP contribution in [0.15, 0.2) is 54.6 Å². The molecule has 0 aliphatic heterocycles. The summed E-state index contributed by atoms with van der Waals surface area (Å²) >= 11 is 0. The van der Waals surface area contributed by atoms with E-state index in [0.717, 1.165) is 28.5 Å². The first-order valence-corrected chi connectivity index (χ1v) is 9.67. The van der Waals surface area contributed by atoms with E-state index in [0.29, 0.717) is 30.1 Å². The van der Waals surface area contributed by atoms with Crippen LogP contribution in [-0.2, 0) is 11.2 Å². The second-order valence-corrected chi connectivity index (χ2v) is 6.82. The molecule has 0 heterocycles. The average Bonchev–Trinajstić information content (AvgIpc) is 2.75. The van der Waals surface area contributed by atoms with Gasteiger partial charge in [-0.05, 0) is 47.4 Å². The maximum absolute atomic E-state index is 12.2. The Labute approximate surface area is 170 Å². The fraction of sp³-hybridized carbons (Fsp3) is 0.292. The van der Waals surface area contributed by atoms with Crippen LogP contribution in [0.4, 0.5) is 0 Å². The Kier molecular flexibility index (Phi) is 6.60. The quantitative estimate of drug-likeness (QED) is 0.550. The predicted octanol–water partition coefficient (Wildman–Crippen LogP) is 5.06. The highest BCUT2D eigenvalue weighted by atomic mass is 16.5. The van der Waals surface area contributed by atoms with E-state index < -0.39 is 11.9 Å². The second kappa shape index (κ2) is 9.32. The molecule has 0 aliphatic carbocycles. The molecular weight excluding hydrogens is 368 g/mol. The number of carbonyl (C=O) groups is 1. The fourth-order valence-corrected chi connectivity index (χ4v) is 3.50. The summed E-state index contributed by atoms with van der Waals surface area (Å²) < 4.78 is 16.6. The molecule has 0 fully saturated rings. The van der Waals surface area contributed by atoms with Gasteiger partial charge in [-0.1, -0.05) is 43.3 Å². The smallest absolute Gasteiger partial charge is 0.311 e. The summed E-state index contributed by atoms with van der Waals surface area (Å²) in [7, 11) is 3.10. The molecule has 3 aromatic carbocycles. The van der Waals surface area contributed by atoms with E-state index in [4.69, 9.17) is 14.2 Å². The van der Waals surface area contributed by atoms with Gasteiger partial charge in [0.05, 0.1) is 26.7 Å². The van der Waals surface area contributed by atoms with E-state index in [9.17, 15) is 9.90 Å². The number of methoxy groups -OCH3 is 2. The minimum Gasteiger partial charge on any atom is -0.493 e. The Hall–Kier alpha value is -3.21. The lowest BCUT2D eigenvalue weighted by atomic mass is 9.89. The van der Waals surface area contributed by atoms with Crippen molar-refractivity contribution >= 4 is 16.7 Å². The SMILES string of the molecule is CCCOc1ccc2ccccc2c1CC(C(=O)O)c1ccc(OC)c(OC)c1. The van der Waals surface area contributed by atoms with Crippen molar-refractivity contribution in [3.05, 3.63) is 65.7 Å². The first-order chi connectivity index (χ1) is 14.1. The Bertz CT molecular complexity index is 996. The van der Waals surface area contributed by atoms with Crippen molar-refractivity contribution in [2.45, 2.75) is 25.7 Å². The summed E-state index contributed by atoms with van der Waals surface area (Å²) in [5, 5.41) is 12.1. The third kappa shape index (κ3) is 4.45. The number of benzene rings is 3. The molecule has 5 heteroatoms. The molecule has 0 aromatic heterocycles. The lowest BCUT2D eigenvalue weighted by Gasteiger charge is -2.19. The molecule has 5 nitrogen and oxygen atoms in total. The average molecular weight is 394 g/mol. The lowest BCUT2D eigenvalue weighted by Crippen LogP contribution is -2.15. The number of fused-ring (bicyclic) bond motifs is 1. The number of ether oxygens (including phenoxy) is 3. The first-order valence-electron chi connectivity index (χ1n) is 9.67. The van der Waals surface area contributed by atoms with Crippen molar-refractivity contribution in [1.29, 1.82) is 0 Å². The van der Waals surface area contributed by atoms with Crippen molar-refractivity contribution in [3.8, 4) is 17.2 Å². The van der Waals surface area contributed by atoms with Crippen LogP contribution in [0.1, 0.15) is 30.4 Å². The maximum atomic E-state index is 12.2. The lowest BCUT2D eigenvalue weighted by molar-refractivity contribution is -0.138. The van der Waals surface area contributed by atoms with Gasteiger partial charge in [-0.3, -0.25) is 4.79 Å². The van der Waals surface area contributed by atoms with Gasteiger partial charge in [0.15, 0.2) is 11.5 Å². The number of aliphatic carboxylic acids is 1. The second-order valence-electron chi connectivity index (χ2n) is 6.82. The Morgan fingerprint density at radius 1 is 0.966 bits per heavy atom. The fourth-order valence-electron chi connectivity index (χ4n) is 3.50. The summed E-state index contributed by atoms with van der Waals surface area (Å²) in [5.74, 6) is 0.169. The van der Waals surface area contributed by atoms with E-state index in [1.165, 1.54) is 0 Å². The Morgan fingerprint density at radius 2 is 1.69 bits per heavy atom. The van der Waals surface area contributed by atoms with E-state index in [-0.39, 0.29) is 0 Å². The number of carboxylic acid groups (broad SMARTS) is 1. The molecule has 0 saturated carbocycles. The molecule has 0 saturated heterocycles. The molecule has 0 radical (unpaired) electrons. The van der Waals surface area contributed by atoms with Gasteiger partial charge in [-0.15, -0.1) is 0 Å². The number of hydrogen-bond acceptors (Lipinski definition) is 4. The van der Waals surface area contributed by atoms with Gasteiger partial charge < -0.3 is 19.3 Å². The Morgan fingerprint density at radius 3 is 2.38 bits per heavy atom. The summed E-state index contributed by atoms with van der Waals surface area (Å²) in [4.78, 5) is 12.2. The van der Waals surface area contributed by atoms with Crippen LogP contribution < -0.4 is 14.2 Å². The number of carboxylic acids is 1. The summed E-state index contributed by atoms with van der Waals surface area (Å²) in [6.45, 7) is 2.63. The van der Waals surface area contributed by atoms with Crippen LogP contribution in [0.3, 0.4) is 0 Å². The minimum absolute atomic E-state index is 0.311. The summed E-state index contributed by atoms with van der Waals surface area (Å²) in [5.41, 5.74) is 1.56. The van der Waals surface area contributed by atoms with Crippen LogP contribution in [0.25, 0.3) is 10.8 Å². The highest BCUT2D eigenvalue weighted by Gasteiger charge is 2.25. The number of hydrogen-bond donors (Lipinski definition) is 1. The molecule has 0 aliphatic rings. The molecule has 152 valence electrons. The zero-order valence-corrected chi connectivity index (χ0v) is 17.0. The van der Waals surface area contributed by atoms with Gasteiger partial charge in [0, 0.05) is 5.56 Å². The maximum Gasteiger partial charge on any atom is 0.311 e. The van der Waals surface area contributed by atoms with Crippen molar-refractivity contribution < 1.29 is 24.1 Å². The van der Waals surface area contributed by atoms with Gasteiger partial charge in [0.1, 0.15) is 5.75 Å². The van der Waals surface area contributed by atoms with E-state index >= 15 is 0 Å². The van der Waals surface area contributed by atoms with Crippen LogP contribution in [0, 0.1) is 0 Å². The zero-order chi connectivity index (χ0) is 20.8. The van der Waals surface area contributed by atoms with Crippen LogP contribution in [0.2, 0.25) is 0 Å². The molecule has 0 amide bonds. The third-order valence-corrected chi connectivity index (χ3v) is 4.98. The van der Waals surface area contributed by atoms with Crippen molar-refractivity contribution in [3.63, 3.8) is 0 Å². The minimum atomic E-state index is -0.897. The van der Waals surface area contributed by atoms with Crippen LogP contribution >= 0.6 is 0 Å². The highest BCUT2D eigenvalue weighted by molar-refractivity contribution is 5.89. The topological polar surface area (TPSA) is 65.0 Å². The predicted molar refractivity (Wildman–Crippen MR) is 113 cm³/mol. The van der Waals surface area contributed by atoms with E-state index in [2.05, 4.69) is 0 Å². The molecule has 1 atom stereocenters. The molecule has 3 aromatic rings. The van der Waals surface area contributed by atoms with Gasteiger partial charge in [-0.2, -0.15) is 0 Å². The molecule has 3 rings (SSSR count). The monoisotopic (exact) mass is 394 g/mol. The molecule has 29 heavy (non-hydrogen) atoms. The largest absolute Gasteiger partial charge is 0.493 e. The normalized spacial score (nSPS) is 11.8.